The Morgan fingerprint density at radius 3 is 2.74 bits per heavy atom. The maximum Gasteiger partial charge on any atom is 0.214 e. The Hall–Kier alpha value is -2.47. The molecule has 0 spiro atoms. The zero-order chi connectivity index (χ0) is 18.4. The number of aromatic nitrogens is 2. The van der Waals surface area contributed by atoms with Crippen LogP contribution in [-0.4, -0.2) is 47.1 Å². The number of morpholine rings is 1. The average molecular weight is 364 g/mol. The Balaban J connectivity index is 1.47. The second kappa shape index (κ2) is 6.60. The van der Waals surface area contributed by atoms with Gasteiger partial charge in [0.05, 0.1) is 43.7 Å². The van der Waals surface area contributed by atoms with Crippen molar-refractivity contribution in [2.75, 3.05) is 18.1 Å². The second-order valence-electron chi connectivity index (χ2n) is 7.74. The molecule has 2 saturated heterocycles. The van der Waals surface area contributed by atoms with E-state index in [4.69, 9.17) is 14.5 Å². The molecule has 0 radical (unpaired) electrons. The van der Waals surface area contributed by atoms with Crippen LogP contribution in [0.3, 0.4) is 0 Å². The molecular formula is C21H24N4O2. The van der Waals surface area contributed by atoms with Crippen LogP contribution in [0.5, 0.6) is 5.88 Å². The van der Waals surface area contributed by atoms with Crippen molar-refractivity contribution in [1.29, 1.82) is 0 Å². The van der Waals surface area contributed by atoms with Gasteiger partial charge in [0.2, 0.25) is 5.88 Å². The molecule has 0 saturated carbocycles. The normalized spacial score (nSPS) is 23.5. The topological polar surface area (TPSA) is 59.8 Å². The van der Waals surface area contributed by atoms with Crippen LogP contribution in [0, 0.1) is 0 Å². The molecule has 2 aromatic rings. The van der Waals surface area contributed by atoms with Crippen molar-refractivity contribution in [2.45, 2.75) is 51.4 Å². The van der Waals surface area contributed by atoms with Gasteiger partial charge in [0.15, 0.2) is 0 Å². The molecule has 3 aliphatic heterocycles. The number of ether oxygens (including phenoxy) is 2. The van der Waals surface area contributed by atoms with E-state index in [0.717, 1.165) is 41.4 Å². The maximum atomic E-state index is 5.78. The molecule has 0 amide bonds. The van der Waals surface area contributed by atoms with E-state index >= 15 is 0 Å². The number of pyridine rings is 2. The van der Waals surface area contributed by atoms with Gasteiger partial charge in [-0.05, 0) is 38.8 Å². The van der Waals surface area contributed by atoms with Crippen LogP contribution in [0.25, 0.3) is 0 Å². The molecule has 0 N–H and O–H groups in total. The predicted octanol–water partition coefficient (Wildman–Crippen LogP) is 2.98. The third kappa shape index (κ3) is 2.98. The first kappa shape index (κ1) is 16.7. The van der Waals surface area contributed by atoms with Crippen molar-refractivity contribution in [3.05, 3.63) is 47.3 Å². The molecule has 27 heavy (non-hydrogen) atoms. The number of fused-ring (bicyclic) bond motifs is 3. The molecule has 140 valence electrons. The van der Waals surface area contributed by atoms with Gasteiger partial charge in [-0.1, -0.05) is 0 Å². The number of hydrogen-bond acceptors (Lipinski definition) is 6. The maximum absolute atomic E-state index is 5.78. The molecule has 2 aromatic heterocycles. The first-order valence-electron chi connectivity index (χ1n) is 9.72. The summed E-state index contributed by atoms with van der Waals surface area (Å²) >= 11 is 0. The highest BCUT2D eigenvalue weighted by Gasteiger charge is 2.38. The minimum Gasteiger partial charge on any atom is -0.475 e. The van der Waals surface area contributed by atoms with Gasteiger partial charge in [-0.25, -0.2) is 9.97 Å². The van der Waals surface area contributed by atoms with Crippen LogP contribution in [0.2, 0.25) is 0 Å². The molecule has 0 aliphatic carbocycles. The van der Waals surface area contributed by atoms with Gasteiger partial charge in [-0.15, -0.1) is 0 Å². The van der Waals surface area contributed by atoms with E-state index in [1.54, 1.807) is 0 Å². The summed E-state index contributed by atoms with van der Waals surface area (Å²) < 4.78 is 11.5. The van der Waals surface area contributed by atoms with Gasteiger partial charge in [0.1, 0.15) is 5.82 Å². The fourth-order valence-corrected chi connectivity index (χ4v) is 4.32. The van der Waals surface area contributed by atoms with Crippen LogP contribution < -0.4 is 9.64 Å². The van der Waals surface area contributed by atoms with E-state index in [0.29, 0.717) is 24.5 Å². The summed E-state index contributed by atoms with van der Waals surface area (Å²) in [4.78, 5) is 16.3. The first-order chi connectivity index (χ1) is 13.2. The highest BCUT2D eigenvalue weighted by Crippen LogP contribution is 2.34. The van der Waals surface area contributed by atoms with Gasteiger partial charge < -0.3 is 14.4 Å². The third-order valence-corrected chi connectivity index (χ3v) is 5.50. The number of rotatable bonds is 4. The van der Waals surface area contributed by atoms with Gasteiger partial charge >= 0.3 is 0 Å². The van der Waals surface area contributed by atoms with Gasteiger partial charge in [0, 0.05) is 35.2 Å². The van der Waals surface area contributed by atoms with Crippen molar-refractivity contribution in [3.63, 3.8) is 0 Å². The summed E-state index contributed by atoms with van der Waals surface area (Å²) in [5, 5.41) is 0. The molecule has 3 aliphatic rings. The summed E-state index contributed by atoms with van der Waals surface area (Å²) in [5.41, 5.74) is 4.37. The quantitative estimate of drug-likeness (QED) is 0.835. The van der Waals surface area contributed by atoms with Crippen LogP contribution in [0.4, 0.5) is 5.82 Å². The largest absolute Gasteiger partial charge is 0.475 e. The third-order valence-electron chi connectivity index (χ3n) is 5.50. The number of nitrogens with zero attached hydrogens (tertiary/aromatic N) is 4. The summed E-state index contributed by atoms with van der Waals surface area (Å²) in [6, 6.07) is 7.12. The fraction of sp³-hybridized carbons (Fsp3) is 0.476. The molecule has 6 heteroatoms. The summed E-state index contributed by atoms with van der Waals surface area (Å²) in [7, 11) is 0. The molecule has 2 atom stereocenters. The standard InChI is InChI=1S/C21H24N4O2/c1-13(2)27-20-8-18-15(9-23-20)10-24-21(18)14-5-6-22-19(7-14)25-16-3-4-17(25)12-26-11-16/h5-9,13,16-17H,3-4,10-12H2,1-2H3. The predicted molar refractivity (Wildman–Crippen MR) is 104 cm³/mol. The zero-order valence-corrected chi connectivity index (χ0v) is 15.8. The Morgan fingerprint density at radius 2 is 1.96 bits per heavy atom. The number of anilines is 1. The number of aliphatic imine (C=N–C) groups is 1. The van der Waals surface area contributed by atoms with Crippen LogP contribution in [0.1, 0.15) is 43.4 Å². The molecule has 0 aromatic carbocycles. The van der Waals surface area contributed by atoms with Crippen molar-refractivity contribution in [2.24, 2.45) is 4.99 Å². The monoisotopic (exact) mass is 364 g/mol. The lowest BCUT2D eigenvalue weighted by molar-refractivity contribution is 0.0902. The highest BCUT2D eigenvalue weighted by atomic mass is 16.5. The van der Waals surface area contributed by atoms with E-state index in [2.05, 4.69) is 20.9 Å². The van der Waals surface area contributed by atoms with E-state index in [9.17, 15) is 0 Å². The molecule has 2 fully saturated rings. The van der Waals surface area contributed by atoms with Crippen molar-refractivity contribution in [3.8, 4) is 5.88 Å². The Labute approximate surface area is 159 Å². The molecular weight excluding hydrogens is 340 g/mol. The Kier molecular flexibility index (Phi) is 4.08. The zero-order valence-electron chi connectivity index (χ0n) is 15.8. The highest BCUT2D eigenvalue weighted by molar-refractivity contribution is 6.15. The van der Waals surface area contributed by atoms with Crippen molar-refractivity contribution in [1.82, 2.24) is 9.97 Å². The second-order valence-corrected chi connectivity index (χ2v) is 7.74. The minimum atomic E-state index is 0.0988. The van der Waals surface area contributed by atoms with E-state index in [-0.39, 0.29) is 6.10 Å². The van der Waals surface area contributed by atoms with E-state index < -0.39 is 0 Å². The molecule has 2 bridgehead atoms. The van der Waals surface area contributed by atoms with Crippen LogP contribution in [-0.2, 0) is 11.3 Å². The van der Waals surface area contributed by atoms with E-state index in [1.165, 1.54) is 12.8 Å². The number of hydrogen-bond donors (Lipinski definition) is 0. The van der Waals surface area contributed by atoms with Crippen LogP contribution in [0.15, 0.2) is 35.6 Å². The lowest BCUT2D eigenvalue weighted by Gasteiger charge is -2.35. The molecule has 6 nitrogen and oxygen atoms in total. The fourth-order valence-electron chi connectivity index (χ4n) is 4.32. The molecule has 5 rings (SSSR count). The van der Waals surface area contributed by atoms with Crippen molar-refractivity contribution >= 4 is 11.5 Å². The molecule has 5 heterocycles. The van der Waals surface area contributed by atoms with Gasteiger partial charge in [-0.2, -0.15) is 0 Å². The molecule has 2 unspecified atom stereocenters. The lowest BCUT2D eigenvalue weighted by Crippen LogP contribution is -2.46. The lowest BCUT2D eigenvalue weighted by atomic mass is 10.0. The first-order valence-corrected chi connectivity index (χ1v) is 9.72. The Bertz CT molecular complexity index is 880. The minimum absolute atomic E-state index is 0.0988. The van der Waals surface area contributed by atoms with Gasteiger partial charge in [0.25, 0.3) is 0 Å². The Morgan fingerprint density at radius 1 is 1.15 bits per heavy atom. The van der Waals surface area contributed by atoms with Gasteiger partial charge in [-0.3, -0.25) is 4.99 Å². The summed E-state index contributed by atoms with van der Waals surface area (Å²) in [5.74, 6) is 1.69. The summed E-state index contributed by atoms with van der Waals surface area (Å²) in [6.45, 7) is 6.28. The summed E-state index contributed by atoms with van der Waals surface area (Å²) in [6.07, 6.45) is 6.24. The van der Waals surface area contributed by atoms with E-state index in [1.807, 2.05) is 38.4 Å². The van der Waals surface area contributed by atoms with Crippen molar-refractivity contribution < 1.29 is 9.47 Å². The van der Waals surface area contributed by atoms with Crippen LogP contribution >= 0.6 is 0 Å². The SMILES string of the molecule is CC(C)Oc1cc2c(cn1)CN=C2c1ccnc(N2C3CCC2COC3)c1. The average Bonchev–Trinajstić information content (AvgIpc) is 3.19. The smallest absolute Gasteiger partial charge is 0.214 e.